The number of benzene rings is 1. The Morgan fingerprint density at radius 1 is 1.17 bits per heavy atom. The van der Waals surface area contributed by atoms with Gasteiger partial charge in [-0.1, -0.05) is 0 Å². The number of rotatable bonds is 5. The van der Waals surface area contributed by atoms with E-state index in [1.807, 2.05) is 0 Å². The van der Waals surface area contributed by atoms with Crippen LogP contribution in [0.4, 0.5) is 17.3 Å². The molecule has 10 nitrogen and oxygen atoms in total. The first-order valence-electron chi connectivity index (χ1n) is 6.72. The average molecular weight is 315 g/mol. The Bertz CT molecular complexity index is 831. The molecule has 1 aromatic carbocycles. The normalized spacial score (nSPS) is 10.5. The van der Waals surface area contributed by atoms with Gasteiger partial charge in [-0.2, -0.15) is 4.98 Å². The minimum atomic E-state index is -0.377. The smallest absolute Gasteiger partial charge is 0.338 e. The highest BCUT2D eigenvalue weighted by Crippen LogP contribution is 2.23. The first-order chi connectivity index (χ1) is 11.2. The van der Waals surface area contributed by atoms with E-state index in [0.29, 0.717) is 23.7 Å². The SMILES string of the molecule is CCOC(=O)c1ccc(Nc2nc3nonc3nc2NN)cc1. The molecule has 0 radical (unpaired) electrons. The average Bonchev–Trinajstić information content (AvgIpc) is 3.02. The summed E-state index contributed by atoms with van der Waals surface area (Å²) in [7, 11) is 0. The zero-order valence-corrected chi connectivity index (χ0v) is 12.1. The molecule has 4 N–H and O–H groups in total. The molecule has 2 aromatic heterocycles. The number of aromatic nitrogens is 4. The molecule has 0 atom stereocenters. The number of nitrogens with one attached hydrogen (secondary N) is 2. The van der Waals surface area contributed by atoms with Crippen LogP contribution in [0.1, 0.15) is 17.3 Å². The van der Waals surface area contributed by atoms with Gasteiger partial charge in [-0.3, -0.25) is 0 Å². The monoisotopic (exact) mass is 315 g/mol. The third-order valence-corrected chi connectivity index (χ3v) is 2.91. The van der Waals surface area contributed by atoms with Gasteiger partial charge in [0.25, 0.3) is 0 Å². The maximum absolute atomic E-state index is 11.6. The van der Waals surface area contributed by atoms with Gasteiger partial charge in [0.05, 0.1) is 12.2 Å². The van der Waals surface area contributed by atoms with Crippen LogP contribution in [0.3, 0.4) is 0 Å². The number of hydrogen-bond donors (Lipinski definition) is 3. The molecule has 0 aliphatic heterocycles. The molecule has 118 valence electrons. The standard InChI is InChI=1S/C13H13N7O3/c1-2-22-13(21)7-3-5-8(6-4-7)15-9-10(18-14)17-12-11(16-9)19-23-20-12/h3-6H,2,14H2,1H3,(H,15,16,19)(H,17,18,20). The van der Waals surface area contributed by atoms with Crippen molar-refractivity contribution >= 4 is 34.6 Å². The van der Waals surface area contributed by atoms with Crippen LogP contribution in [0.25, 0.3) is 11.3 Å². The van der Waals surface area contributed by atoms with Crippen LogP contribution < -0.4 is 16.6 Å². The first kappa shape index (κ1) is 14.7. The van der Waals surface area contributed by atoms with E-state index in [1.165, 1.54) is 0 Å². The van der Waals surface area contributed by atoms with Gasteiger partial charge in [-0.15, -0.1) is 0 Å². The Kier molecular flexibility index (Phi) is 3.97. The Morgan fingerprint density at radius 3 is 2.43 bits per heavy atom. The van der Waals surface area contributed by atoms with E-state index in [4.69, 9.17) is 10.6 Å². The molecule has 0 saturated carbocycles. The third-order valence-electron chi connectivity index (χ3n) is 2.91. The zero-order chi connectivity index (χ0) is 16.2. The predicted octanol–water partition coefficient (Wildman–Crippen LogP) is 1.22. The summed E-state index contributed by atoms with van der Waals surface area (Å²) >= 11 is 0. The summed E-state index contributed by atoms with van der Waals surface area (Å²) in [6.45, 7) is 2.08. The van der Waals surface area contributed by atoms with Crippen LogP contribution in [0.15, 0.2) is 28.9 Å². The van der Waals surface area contributed by atoms with Crippen molar-refractivity contribution in [2.75, 3.05) is 17.3 Å². The van der Waals surface area contributed by atoms with Crippen LogP contribution in [0.5, 0.6) is 0 Å². The van der Waals surface area contributed by atoms with Crippen molar-refractivity contribution in [3.8, 4) is 0 Å². The molecule has 3 rings (SSSR count). The lowest BCUT2D eigenvalue weighted by Crippen LogP contribution is -2.12. The molecule has 10 heteroatoms. The molecular weight excluding hydrogens is 302 g/mol. The van der Waals surface area contributed by atoms with Gasteiger partial charge < -0.3 is 15.5 Å². The highest BCUT2D eigenvalue weighted by molar-refractivity contribution is 5.90. The number of nitrogens with two attached hydrogens (primary N) is 1. The van der Waals surface area contributed by atoms with Gasteiger partial charge in [0.2, 0.25) is 11.3 Å². The van der Waals surface area contributed by atoms with Crippen LogP contribution in [-0.4, -0.2) is 32.9 Å². The van der Waals surface area contributed by atoms with E-state index in [-0.39, 0.29) is 23.1 Å². The summed E-state index contributed by atoms with van der Waals surface area (Å²) in [4.78, 5) is 19.9. The quantitative estimate of drug-likeness (QED) is 0.357. The van der Waals surface area contributed by atoms with E-state index in [9.17, 15) is 4.79 Å². The van der Waals surface area contributed by atoms with Gasteiger partial charge >= 0.3 is 5.97 Å². The fourth-order valence-corrected chi connectivity index (χ4v) is 1.87. The van der Waals surface area contributed by atoms with Gasteiger partial charge in [0, 0.05) is 5.69 Å². The van der Waals surface area contributed by atoms with Gasteiger partial charge in [-0.05, 0) is 41.5 Å². The number of anilines is 3. The maximum Gasteiger partial charge on any atom is 0.338 e. The van der Waals surface area contributed by atoms with Crippen LogP contribution in [0.2, 0.25) is 0 Å². The van der Waals surface area contributed by atoms with Gasteiger partial charge in [0.15, 0.2) is 11.6 Å². The van der Waals surface area contributed by atoms with Crippen LogP contribution in [-0.2, 0) is 4.74 Å². The second-order valence-electron chi connectivity index (χ2n) is 4.40. The summed E-state index contributed by atoms with van der Waals surface area (Å²) in [5.41, 5.74) is 4.04. The number of esters is 1. The van der Waals surface area contributed by atoms with E-state index >= 15 is 0 Å². The maximum atomic E-state index is 11.6. The van der Waals surface area contributed by atoms with Crippen molar-refractivity contribution in [3.63, 3.8) is 0 Å². The molecule has 0 bridgehead atoms. The Morgan fingerprint density at radius 2 is 1.83 bits per heavy atom. The Balaban J connectivity index is 1.85. The minimum absolute atomic E-state index is 0.237. The number of hydrogen-bond acceptors (Lipinski definition) is 10. The molecule has 2 heterocycles. The van der Waals surface area contributed by atoms with Crippen molar-refractivity contribution in [1.29, 1.82) is 0 Å². The van der Waals surface area contributed by atoms with Crippen molar-refractivity contribution in [2.24, 2.45) is 5.84 Å². The molecule has 0 fully saturated rings. The van der Waals surface area contributed by atoms with Gasteiger partial charge in [-0.25, -0.2) is 20.3 Å². The molecule has 0 spiro atoms. The summed E-state index contributed by atoms with van der Waals surface area (Å²) in [6.07, 6.45) is 0. The number of carbonyl (C=O) groups is 1. The highest BCUT2D eigenvalue weighted by Gasteiger charge is 2.12. The lowest BCUT2D eigenvalue weighted by Gasteiger charge is -2.09. The number of fused-ring (bicyclic) bond motifs is 1. The van der Waals surface area contributed by atoms with Crippen molar-refractivity contribution in [3.05, 3.63) is 29.8 Å². The topological polar surface area (TPSA) is 141 Å². The van der Waals surface area contributed by atoms with E-state index in [2.05, 4.69) is 35.7 Å². The fraction of sp³-hybridized carbons (Fsp3) is 0.154. The van der Waals surface area contributed by atoms with Crippen LogP contribution in [0, 0.1) is 0 Å². The molecule has 3 aromatic rings. The molecule has 0 saturated heterocycles. The Hall–Kier alpha value is -3.27. The number of hydrazine groups is 1. The number of ether oxygens (including phenoxy) is 1. The summed E-state index contributed by atoms with van der Waals surface area (Å²) in [6, 6.07) is 6.69. The van der Waals surface area contributed by atoms with E-state index in [0.717, 1.165) is 0 Å². The predicted molar refractivity (Wildman–Crippen MR) is 80.9 cm³/mol. The first-order valence-corrected chi connectivity index (χ1v) is 6.72. The van der Waals surface area contributed by atoms with Crippen molar-refractivity contribution in [1.82, 2.24) is 20.3 Å². The summed E-state index contributed by atoms with van der Waals surface area (Å²) in [5, 5.41) is 10.2. The van der Waals surface area contributed by atoms with Crippen molar-refractivity contribution < 1.29 is 14.2 Å². The van der Waals surface area contributed by atoms with Crippen LogP contribution >= 0.6 is 0 Å². The second kappa shape index (κ2) is 6.23. The Labute approximate surface area is 130 Å². The number of nitrogen functional groups attached to an aromatic ring is 1. The molecule has 0 aliphatic carbocycles. The number of nitrogens with zero attached hydrogens (tertiary/aromatic N) is 4. The third kappa shape index (κ3) is 3.01. The van der Waals surface area contributed by atoms with Crippen molar-refractivity contribution in [2.45, 2.75) is 6.92 Å². The largest absolute Gasteiger partial charge is 0.462 e. The van der Waals surface area contributed by atoms with E-state index in [1.54, 1.807) is 31.2 Å². The minimum Gasteiger partial charge on any atom is -0.462 e. The lowest BCUT2D eigenvalue weighted by atomic mass is 10.2. The summed E-state index contributed by atoms with van der Waals surface area (Å²) < 4.78 is 9.49. The molecular formula is C13H13N7O3. The molecule has 0 unspecified atom stereocenters. The molecule has 0 aliphatic rings. The van der Waals surface area contributed by atoms with E-state index < -0.39 is 0 Å². The molecule has 23 heavy (non-hydrogen) atoms. The lowest BCUT2D eigenvalue weighted by molar-refractivity contribution is 0.0526. The number of carbonyl (C=O) groups excluding carboxylic acids is 1. The molecule has 0 amide bonds. The van der Waals surface area contributed by atoms with Gasteiger partial charge in [0.1, 0.15) is 0 Å². The second-order valence-corrected chi connectivity index (χ2v) is 4.40. The summed E-state index contributed by atoms with van der Waals surface area (Å²) in [5.74, 6) is 5.68. The fourth-order valence-electron chi connectivity index (χ4n) is 1.87. The zero-order valence-electron chi connectivity index (χ0n) is 12.1. The highest BCUT2D eigenvalue weighted by atomic mass is 16.6.